The summed E-state index contributed by atoms with van der Waals surface area (Å²) in [4.78, 5) is 19.1. The van der Waals surface area contributed by atoms with Crippen LogP contribution in [-0.2, 0) is 11.3 Å². The topological polar surface area (TPSA) is 97.8 Å². The molecule has 4 rings (SSSR count). The lowest BCUT2D eigenvalue weighted by atomic mass is 10.2. The Bertz CT molecular complexity index is 1000. The number of hydrogen-bond donors (Lipinski definition) is 2. The maximum atomic E-state index is 12.1. The van der Waals surface area contributed by atoms with E-state index in [1.54, 1.807) is 4.52 Å². The SMILES string of the molecule is Cc1cn2nc([C@H](C)N)cc2nc1N1CC[C@H](NC(=O)OCc2ccccc2)C1. The second-order valence-corrected chi connectivity index (χ2v) is 7.55. The van der Waals surface area contributed by atoms with Gasteiger partial charge in [0, 0.05) is 37.0 Å². The van der Waals surface area contributed by atoms with E-state index in [9.17, 15) is 4.79 Å². The largest absolute Gasteiger partial charge is 0.445 e. The van der Waals surface area contributed by atoms with Crippen molar-refractivity contribution in [2.24, 2.45) is 5.73 Å². The summed E-state index contributed by atoms with van der Waals surface area (Å²) in [5.41, 5.74) is 9.53. The molecule has 1 aliphatic rings. The second kappa shape index (κ2) is 8.08. The quantitative estimate of drug-likeness (QED) is 0.690. The van der Waals surface area contributed by atoms with Crippen LogP contribution in [0.1, 0.15) is 36.2 Å². The molecule has 0 bridgehead atoms. The van der Waals surface area contributed by atoms with Gasteiger partial charge in [-0.15, -0.1) is 0 Å². The third-order valence-corrected chi connectivity index (χ3v) is 5.11. The molecule has 8 nitrogen and oxygen atoms in total. The predicted octanol–water partition coefficient (Wildman–Crippen LogP) is 2.56. The summed E-state index contributed by atoms with van der Waals surface area (Å²) in [6.45, 7) is 5.71. The van der Waals surface area contributed by atoms with Gasteiger partial charge in [-0.1, -0.05) is 30.3 Å². The van der Waals surface area contributed by atoms with Gasteiger partial charge in [0.25, 0.3) is 0 Å². The monoisotopic (exact) mass is 394 g/mol. The summed E-state index contributed by atoms with van der Waals surface area (Å²) in [7, 11) is 0. The highest BCUT2D eigenvalue weighted by Gasteiger charge is 2.26. The van der Waals surface area contributed by atoms with Crippen LogP contribution in [0.2, 0.25) is 0 Å². The summed E-state index contributed by atoms with van der Waals surface area (Å²) in [5.74, 6) is 0.913. The highest BCUT2D eigenvalue weighted by atomic mass is 16.5. The van der Waals surface area contributed by atoms with Crippen molar-refractivity contribution in [1.29, 1.82) is 0 Å². The number of aromatic nitrogens is 3. The number of aryl methyl sites for hydroxylation is 1. The summed E-state index contributed by atoms with van der Waals surface area (Å²) in [5, 5.41) is 7.44. The number of nitrogens with two attached hydrogens (primary N) is 1. The maximum absolute atomic E-state index is 12.1. The van der Waals surface area contributed by atoms with Gasteiger partial charge in [0.05, 0.1) is 11.7 Å². The predicted molar refractivity (Wildman–Crippen MR) is 111 cm³/mol. The minimum absolute atomic E-state index is 0.0280. The third kappa shape index (κ3) is 4.32. The van der Waals surface area contributed by atoms with Gasteiger partial charge in [-0.3, -0.25) is 0 Å². The first-order chi connectivity index (χ1) is 14.0. The van der Waals surface area contributed by atoms with Gasteiger partial charge in [0.2, 0.25) is 0 Å². The number of carbonyl (C=O) groups excluding carboxylic acids is 1. The molecule has 1 aromatic carbocycles. The van der Waals surface area contributed by atoms with Gasteiger partial charge in [-0.05, 0) is 25.8 Å². The van der Waals surface area contributed by atoms with Crippen molar-refractivity contribution >= 4 is 17.6 Å². The molecule has 0 spiro atoms. The summed E-state index contributed by atoms with van der Waals surface area (Å²) >= 11 is 0. The van der Waals surface area contributed by atoms with Crippen LogP contribution < -0.4 is 16.0 Å². The molecular formula is C21H26N6O2. The zero-order valence-corrected chi connectivity index (χ0v) is 16.7. The molecule has 3 heterocycles. The highest BCUT2D eigenvalue weighted by Crippen LogP contribution is 2.24. The van der Waals surface area contributed by atoms with Crippen molar-refractivity contribution in [2.75, 3.05) is 18.0 Å². The van der Waals surface area contributed by atoms with Crippen molar-refractivity contribution in [3.63, 3.8) is 0 Å². The van der Waals surface area contributed by atoms with E-state index in [0.717, 1.165) is 41.3 Å². The van der Waals surface area contributed by atoms with Crippen LogP contribution in [0.4, 0.5) is 10.6 Å². The molecule has 8 heteroatoms. The normalized spacial score (nSPS) is 17.5. The molecule has 1 saturated heterocycles. The minimum Gasteiger partial charge on any atom is -0.445 e. The summed E-state index contributed by atoms with van der Waals surface area (Å²) in [6, 6.07) is 11.5. The first-order valence-electron chi connectivity index (χ1n) is 9.84. The Morgan fingerprint density at radius 3 is 2.93 bits per heavy atom. The van der Waals surface area contributed by atoms with Crippen LogP contribution in [0, 0.1) is 6.92 Å². The molecule has 0 saturated carbocycles. The third-order valence-electron chi connectivity index (χ3n) is 5.11. The number of nitrogens with one attached hydrogen (secondary N) is 1. The molecule has 1 aliphatic heterocycles. The van der Waals surface area contributed by atoms with Crippen LogP contribution in [-0.4, -0.2) is 39.8 Å². The van der Waals surface area contributed by atoms with Crippen LogP contribution in [0.5, 0.6) is 0 Å². The number of carbonyl (C=O) groups is 1. The van der Waals surface area contributed by atoms with E-state index in [4.69, 9.17) is 15.5 Å². The van der Waals surface area contributed by atoms with E-state index in [0.29, 0.717) is 6.54 Å². The summed E-state index contributed by atoms with van der Waals surface area (Å²) < 4.78 is 7.10. The molecule has 3 N–H and O–H groups in total. The standard InChI is InChI=1S/C21H26N6O2/c1-14-11-27-19(10-18(25-27)15(2)22)24-20(14)26-9-8-17(12-26)23-21(28)29-13-16-6-4-3-5-7-16/h3-7,10-11,15,17H,8-9,12-13,22H2,1-2H3,(H,23,28)/t15-,17-/m0/s1. The van der Waals surface area contributed by atoms with E-state index in [2.05, 4.69) is 15.3 Å². The molecule has 152 valence electrons. The Labute approximate surface area is 169 Å². The second-order valence-electron chi connectivity index (χ2n) is 7.55. The molecule has 29 heavy (non-hydrogen) atoms. The highest BCUT2D eigenvalue weighted by molar-refractivity contribution is 5.68. The number of ether oxygens (including phenoxy) is 1. The zero-order valence-electron chi connectivity index (χ0n) is 16.7. The zero-order chi connectivity index (χ0) is 20.4. The molecule has 0 unspecified atom stereocenters. The number of fused-ring (bicyclic) bond motifs is 1. The first-order valence-corrected chi connectivity index (χ1v) is 9.84. The van der Waals surface area contributed by atoms with E-state index >= 15 is 0 Å². The van der Waals surface area contributed by atoms with Gasteiger partial charge in [0.1, 0.15) is 12.4 Å². The number of alkyl carbamates (subject to hydrolysis) is 1. The minimum atomic E-state index is -0.391. The molecule has 1 fully saturated rings. The molecule has 1 amide bonds. The number of nitrogens with zero attached hydrogens (tertiary/aromatic N) is 4. The van der Waals surface area contributed by atoms with Crippen molar-refractivity contribution in [1.82, 2.24) is 19.9 Å². The van der Waals surface area contributed by atoms with Crippen molar-refractivity contribution < 1.29 is 9.53 Å². The van der Waals surface area contributed by atoms with Crippen molar-refractivity contribution in [3.05, 3.63) is 59.4 Å². The van der Waals surface area contributed by atoms with Crippen molar-refractivity contribution in [2.45, 2.75) is 39.0 Å². The smallest absolute Gasteiger partial charge is 0.407 e. The Hall–Kier alpha value is -3.13. The maximum Gasteiger partial charge on any atom is 0.407 e. The average Bonchev–Trinajstić information content (AvgIpc) is 3.33. The molecule has 2 atom stereocenters. The molecule has 2 aromatic heterocycles. The van der Waals surface area contributed by atoms with Crippen LogP contribution in [0.25, 0.3) is 5.65 Å². The van der Waals surface area contributed by atoms with E-state index in [1.807, 2.05) is 56.4 Å². The van der Waals surface area contributed by atoms with Crippen molar-refractivity contribution in [3.8, 4) is 0 Å². The lowest BCUT2D eigenvalue weighted by molar-refractivity contribution is 0.136. The number of amides is 1. The number of rotatable bonds is 5. The van der Waals surface area contributed by atoms with E-state index < -0.39 is 6.09 Å². The fourth-order valence-corrected chi connectivity index (χ4v) is 3.56. The van der Waals surface area contributed by atoms with Crippen LogP contribution in [0.3, 0.4) is 0 Å². The Balaban J connectivity index is 1.37. The lowest BCUT2D eigenvalue weighted by Crippen LogP contribution is -2.37. The van der Waals surface area contributed by atoms with Gasteiger partial charge >= 0.3 is 6.09 Å². The van der Waals surface area contributed by atoms with Crippen LogP contribution >= 0.6 is 0 Å². The molecule has 3 aromatic rings. The summed E-state index contributed by atoms with van der Waals surface area (Å²) in [6.07, 6.45) is 2.42. The number of anilines is 1. The number of hydrogen-bond acceptors (Lipinski definition) is 6. The Kier molecular flexibility index (Phi) is 5.35. The van der Waals surface area contributed by atoms with Crippen LogP contribution in [0.15, 0.2) is 42.6 Å². The van der Waals surface area contributed by atoms with Gasteiger partial charge < -0.3 is 20.7 Å². The number of benzene rings is 1. The average molecular weight is 394 g/mol. The lowest BCUT2D eigenvalue weighted by Gasteiger charge is -2.20. The van der Waals surface area contributed by atoms with Gasteiger partial charge in [-0.2, -0.15) is 5.10 Å². The fraction of sp³-hybridized carbons (Fsp3) is 0.381. The molecular weight excluding hydrogens is 368 g/mol. The van der Waals surface area contributed by atoms with Gasteiger partial charge in [0.15, 0.2) is 5.65 Å². The van der Waals surface area contributed by atoms with E-state index in [1.165, 1.54) is 0 Å². The van der Waals surface area contributed by atoms with E-state index in [-0.39, 0.29) is 18.7 Å². The first kappa shape index (κ1) is 19.2. The Morgan fingerprint density at radius 2 is 2.17 bits per heavy atom. The Morgan fingerprint density at radius 1 is 1.38 bits per heavy atom. The fourth-order valence-electron chi connectivity index (χ4n) is 3.56. The molecule has 0 aliphatic carbocycles. The molecule has 0 radical (unpaired) electrons. The van der Waals surface area contributed by atoms with Gasteiger partial charge in [-0.25, -0.2) is 14.3 Å².